The van der Waals surface area contributed by atoms with E-state index in [4.69, 9.17) is 29.0 Å². The van der Waals surface area contributed by atoms with Crippen LogP contribution in [-0.4, -0.2) is 32.6 Å². The second kappa shape index (κ2) is 9.50. The number of alkyl halides is 2. The minimum atomic E-state index is -2.91. The normalized spacial score (nSPS) is 12.1. The first-order valence-electron chi connectivity index (χ1n) is 8.43. The van der Waals surface area contributed by atoms with Crippen molar-refractivity contribution < 1.29 is 18.3 Å². The Morgan fingerprint density at radius 2 is 1.90 bits per heavy atom. The molecular weight excluding hydrogens is 459 g/mol. The summed E-state index contributed by atoms with van der Waals surface area (Å²) in [6.07, 6.45) is 0. The number of benzene rings is 2. The van der Waals surface area contributed by atoms with E-state index in [9.17, 15) is 13.6 Å². The predicted molar refractivity (Wildman–Crippen MR) is 113 cm³/mol. The van der Waals surface area contributed by atoms with Gasteiger partial charge < -0.3 is 15.9 Å². The van der Waals surface area contributed by atoms with Crippen LogP contribution in [-0.2, 0) is 4.79 Å². The SMILES string of the molecule is CC(Sc1nnc(-c2ccc(OC(F)F)cc2)n1N)C(=O)Nc1ccc(Cl)cc1Cl. The molecule has 0 fully saturated rings. The number of aromatic nitrogens is 3. The highest BCUT2D eigenvalue weighted by molar-refractivity contribution is 8.00. The summed E-state index contributed by atoms with van der Waals surface area (Å²) in [6, 6.07) is 10.5. The molecule has 1 amide bonds. The highest BCUT2D eigenvalue weighted by Gasteiger charge is 2.21. The van der Waals surface area contributed by atoms with Gasteiger partial charge in [0, 0.05) is 10.6 Å². The van der Waals surface area contributed by atoms with Gasteiger partial charge in [0.25, 0.3) is 0 Å². The topological polar surface area (TPSA) is 95.1 Å². The highest BCUT2D eigenvalue weighted by atomic mass is 35.5. The largest absolute Gasteiger partial charge is 0.435 e. The molecule has 1 aromatic heterocycles. The quantitative estimate of drug-likeness (QED) is 0.381. The van der Waals surface area contributed by atoms with Gasteiger partial charge >= 0.3 is 6.61 Å². The maximum atomic E-state index is 12.5. The van der Waals surface area contributed by atoms with Crippen molar-refractivity contribution >= 4 is 46.6 Å². The van der Waals surface area contributed by atoms with Gasteiger partial charge in [0.2, 0.25) is 11.1 Å². The third-order valence-corrected chi connectivity index (χ3v) is 5.45. The zero-order valence-corrected chi connectivity index (χ0v) is 17.7. The Bertz CT molecular complexity index is 1050. The molecule has 1 heterocycles. The molecule has 0 aliphatic rings. The lowest BCUT2D eigenvalue weighted by molar-refractivity contribution is -0.115. The molecule has 3 rings (SSSR count). The van der Waals surface area contributed by atoms with Gasteiger partial charge in [-0.05, 0) is 49.4 Å². The molecular formula is C18H15Cl2F2N5O2S. The molecule has 158 valence electrons. The van der Waals surface area contributed by atoms with Gasteiger partial charge in [-0.3, -0.25) is 4.79 Å². The molecule has 12 heteroatoms. The summed E-state index contributed by atoms with van der Waals surface area (Å²) < 4.78 is 30.0. The van der Waals surface area contributed by atoms with E-state index in [0.29, 0.717) is 32.3 Å². The van der Waals surface area contributed by atoms with Gasteiger partial charge in [-0.2, -0.15) is 8.78 Å². The number of nitrogens with two attached hydrogens (primary N) is 1. The predicted octanol–water partition coefficient (Wildman–Crippen LogP) is 4.69. The van der Waals surface area contributed by atoms with E-state index in [2.05, 4.69) is 20.3 Å². The van der Waals surface area contributed by atoms with Crippen LogP contribution in [0.5, 0.6) is 5.75 Å². The summed E-state index contributed by atoms with van der Waals surface area (Å²) in [5, 5.41) is 11.2. The van der Waals surface area contributed by atoms with Crippen LogP contribution in [0.2, 0.25) is 10.0 Å². The summed E-state index contributed by atoms with van der Waals surface area (Å²) in [7, 11) is 0. The second-order valence-electron chi connectivity index (χ2n) is 5.95. The van der Waals surface area contributed by atoms with Crippen molar-refractivity contribution in [2.45, 2.75) is 23.9 Å². The molecule has 0 aliphatic heterocycles. The Kier molecular flexibility index (Phi) is 7.01. The van der Waals surface area contributed by atoms with Gasteiger partial charge in [0.05, 0.1) is 16.0 Å². The van der Waals surface area contributed by atoms with Crippen molar-refractivity contribution in [2.75, 3.05) is 11.2 Å². The number of hydrogen-bond acceptors (Lipinski definition) is 6. The summed E-state index contributed by atoms with van der Waals surface area (Å²) in [6.45, 7) is -1.23. The first-order valence-corrected chi connectivity index (χ1v) is 10.1. The van der Waals surface area contributed by atoms with E-state index < -0.39 is 11.9 Å². The molecule has 0 spiro atoms. The summed E-state index contributed by atoms with van der Waals surface area (Å²) in [4.78, 5) is 12.5. The average molecular weight is 474 g/mol. The lowest BCUT2D eigenvalue weighted by atomic mass is 10.2. The van der Waals surface area contributed by atoms with Gasteiger partial charge in [-0.25, -0.2) is 4.68 Å². The maximum Gasteiger partial charge on any atom is 0.387 e. The molecule has 0 saturated carbocycles. The number of carbonyl (C=O) groups is 1. The Balaban J connectivity index is 1.68. The lowest BCUT2D eigenvalue weighted by Crippen LogP contribution is -2.23. The average Bonchev–Trinajstić information content (AvgIpc) is 3.04. The third kappa shape index (κ3) is 5.32. The van der Waals surface area contributed by atoms with E-state index in [1.807, 2.05) is 0 Å². The number of halogens is 4. The molecule has 0 saturated heterocycles. The summed E-state index contributed by atoms with van der Waals surface area (Å²) in [5.74, 6) is 6.04. The smallest absolute Gasteiger partial charge is 0.387 e. The Morgan fingerprint density at radius 1 is 1.20 bits per heavy atom. The number of thioether (sulfide) groups is 1. The number of amides is 1. The molecule has 3 N–H and O–H groups in total. The van der Waals surface area contributed by atoms with Crippen LogP contribution in [0.1, 0.15) is 6.92 Å². The number of nitrogens with one attached hydrogen (secondary N) is 1. The monoisotopic (exact) mass is 473 g/mol. The Hall–Kier alpha value is -2.56. The van der Waals surface area contributed by atoms with Crippen LogP contribution in [0.25, 0.3) is 11.4 Å². The van der Waals surface area contributed by atoms with Crippen LogP contribution in [0, 0.1) is 0 Å². The van der Waals surface area contributed by atoms with Crippen molar-refractivity contribution in [2.24, 2.45) is 0 Å². The van der Waals surface area contributed by atoms with Crippen LogP contribution in [0.3, 0.4) is 0 Å². The first-order chi connectivity index (χ1) is 14.2. The number of hydrogen-bond donors (Lipinski definition) is 2. The lowest BCUT2D eigenvalue weighted by Gasteiger charge is -2.12. The molecule has 0 aliphatic carbocycles. The van der Waals surface area contributed by atoms with Crippen LogP contribution in [0.15, 0.2) is 47.6 Å². The fourth-order valence-electron chi connectivity index (χ4n) is 2.38. The molecule has 7 nitrogen and oxygen atoms in total. The minimum Gasteiger partial charge on any atom is -0.435 e. The van der Waals surface area contributed by atoms with Crippen molar-refractivity contribution in [3.8, 4) is 17.1 Å². The van der Waals surface area contributed by atoms with Crippen molar-refractivity contribution in [1.29, 1.82) is 0 Å². The molecule has 2 aromatic carbocycles. The number of nitrogens with zero attached hydrogens (tertiary/aromatic N) is 3. The highest BCUT2D eigenvalue weighted by Crippen LogP contribution is 2.29. The minimum absolute atomic E-state index is 0.0117. The van der Waals surface area contributed by atoms with Crippen LogP contribution >= 0.6 is 35.0 Å². The fraction of sp³-hybridized carbons (Fsp3) is 0.167. The number of nitrogen functional groups attached to an aromatic ring is 1. The molecule has 0 bridgehead atoms. The van der Waals surface area contributed by atoms with Crippen LogP contribution < -0.4 is 15.9 Å². The maximum absolute atomic E-state index is 12.5. The Morgan fingerprint density at radius 3 is 2.53 bits per heavy atom. The number of anilines is 1. The van der Waals surface area contributed by atoms with E-state index in [1.54, 1.807) is 19.1 Å². The van der Waals surface area contributed by atoms with E-state index >= 15 is 0 Å². The Labute approximate surface area is 184 Å². The molecule has 0 radical (unpaired) electrons. The zero-order valence-electron chi connectivity index (χ0n) is 15.4. The van der Waals surface area contributed by atoms with E-state index in [1.165, 1.54) is 35.0 Å². The van der Waals surface area contributed by atoms with Crippen LogP contribution in [0.4, 0.5) is 14.5 Å². The second-order valence-corrected chi connectivity index (χ2v) is 8.10. The first kappa shape index (κ1) is 22.1. The van der Waals surface area contributed by atoms with Crippen molar-refractivity contribution in [3.05, 3.63) is 52.5 Å². The number of rotatable bonds is 7. The molecule has 1 unspecified atom stereocenters. The van der Waals surface area contributed by atoms with E-state index in [0.717, 1.165) is 11.8 Å². The number of carbonyl (C=O) groups excluding carboxylic acids is 1. The van der Waals surface area contributed by atoms with Gasteiger partial charge in [0.1, 0.15) is 5.75 Å². The molecule has 30 heavy (non-hydrogen) atoms. The van der Waals surface area contributed by atoms with Crippen molar-refractivity contribution in [3.63, 3.8) is 0 Å². The van der Waals surface area contributed by atoms with Crippen molar-refractivity contribution in [1.82, 2.24) is 14.9 Å². The fourth-order valence-corrected chi connectivity index (χ4v) is 3.60. The molecule has 1 atom stereocenters. The van der Waals surface area contributed by atoms with Gasteiger partial charge in [-0.15, -0.1) is 10.2 Å². The third-order valence-electron chi connectivity index (χ3n) is 3.84. The van der Waals surface area contributed by atoms with E-state index in [-0.39, 0.29) is 11.7 Å². The zero-order chi connectivity index (χ0) is 21.8. The van der Waals surface area contributed by atoms with Gasteiger partial charge in [-0.1, -0.05) is 35.0 Å². The number of ether oxygens (including phenoxy) is 1. The summed E-state index contributed by atoms with van der Waals surface area (Å²) in [5.41, 5.74) is 0.975. The summed E-state index contributed by atoms with van der Waals surface area (Å²) >= 11 is 13.0. The molecule has 3 aromatic rings. The standard InChI is InChI=1S/C18H15Cl2F2N5O2S/c1-9(16(28)24-14-7-4-11(19)8-13(14)20)30-18-26-25-15(27(18)23)10-2-5-12(6-3-10)29-17(21)22/h2-9,17H,23H2,1H3,(H,24,28). The van der Waals surface area contributed by atoms with Gasteiger partial charge in [0.15, 0.2) is 5.82 Å².